The third-order valence-electron chi connectivity index (χ3n) is 8.12. The number of fused-ring (bicyclic) bond motifs is 1. The summed E-state index contributed by atoms with van der Waals surface area (Å²) in [7, 11) is 0. The second-order valence-corrected chi connectivity index (χ2v) is 11.0. The van der Waals surface area contributed by atoms with Crippen molar-refractivity contribution in [3.63, 3.8) is 0 Å². The van der Waals surface area contributed by atoms with Gasteiger partial charge in [-0.2, -0.15) is 18.3 Å². The van der Waals surface area contributed by atoms with Gasteiger partial charge in [0.25, 0.3) is 5.91 Å². The smallest absolute Gasteiger partial charge is 0.355 e. The molecule has 3 fully saturated rings. The highest BCUT2D eigenvalue weighted by atomic mass is 19.4. The predicted molar refractivity (Wildman–Crippen MR) is 126 cm³/mol. The molecule has 3 aliphatic rings. The SMILES string of the molecule is O=C(N[C@H](c1cn2ncc(C[C@@H]3C(=O)NC[C@@H]3C(F)(F)F)cc2n1)C1CCC(F)(F)CC1)c1nonc1C1CC1. The number of aromatic nitrogens is 5. The van der Waals surface area contributed by atoms with E-state index in [4.69, 9.17) is 4.63 Å². The number of hydrogen-bond donors (Lipinski definition) is 2. The molecule has 2 N–H and O–H groups in total. The molecule has 0 aromatic carbocycles. The number of amides is 2. The monoisotopic (exact) mass is 567 g/mol. The van der Waals surface area contributed by atoms with Crippen molar-refractivity contribution in [3.05, 3.63) is 41.1 Å². The van der Waals surface area contributed by atoms with E-state index in [2.05, 4.69) is 31.0 Å². The number of alkyl halides is 5. The van der Waals surface area contributed by atoms with E-state index >= 15 is 0 Å². The van der Waals surface area contributed by atoms with E-state index in [9.17, 15) is 31.5 Å². The van der Waals surface area contributed by atoms with Crippen LogP contribution >= 0.6 is 0 Å². The minimum Gasteiger partial charge on any atom is -0.355 e. The van der Waals surface area contributed by atoms with Crippen molar-refractivity contribution >= 4 is 17.5 Å². The Morgan fingerprint density at radius 3 is 2.65 bits per heavy atom. The van der Waals surface area contributed by atoms with Gasteiger partial charge in [0.15, 0.2) is 11.3 Å². The van der Waals surface area contributed by atoms with E-state index in [-0.39, 0.29) is 55.3 Å². The quantitative estimate of drug-likeness (QED) is 0.417. The number of carbonyl (C=O) groups excluding carboxylic acids is 2. The Bertz CT molecular complexity index is 1420. The van der Waals surface area contributed by atoms with Crippen LogP contribution in [0.2, 0.25) is 0 Å². The molecule has 2 amide bonds. The molecule has 0 radical (unpaired) electrons. The maximum atomic E-state index is 13.9. The lowest BCUT2D eigenvalue weighted by Crippen LogP contribution is -2.37. The van der Waals surface area contributed by atoms with Crippen molar-refractivity contribution in [2.24, 2.45) is 17.8 Å². The van der Waals surface area contributed by atoms with Gasteiger partial charge < -0.3 is 10.6 Å². The highest BCUT2D eigenvalue weighted by molar-refractivity contribution is 5.93. The first-order valence-corrected chi connectivity index (χ1v) is 13.2. The molecule has 3 atom stereocenters. The highest BCUT2D eigenvalue weighted by Gasteiger charge is 2.51. The Labute approximate surface area is 224 Å². The lowest BCUT2D eigenvalue weighted by Gasteiger charge is -2.33. The number of hydrogen-bond acceptors (Lipinski definition) is 7. The molecular weight excluding hydrogens is 541 g/mol. The summed E-state index contributed by atoms with van der Waals surface area (Å²) in [4.78, 5) is 29.9. The van der Waals surface area contributed by atoms with E-state index in [0.29, 0.717) is 17.0 Å². The first-order chi connectivity index (χ1) is 19.0. The molecule has 2 saturated carbocycles. The van der Waals surface area contributed by atoms with Crippen LogP contribution in [-0.4, -0.2) is 55.4 Å². The molecule has 10 nitrogen and oxygen atoms in total. The van der Waals surface area contributed by atoms with Crippen molar-refractivity contribution in [1.29, 1.82) is 0 Å². The number of nitrogens with zero attached hydrogens (tertiary/aromatic N) is 5. The lowest BCUT2D eigenvalue weighted by molar-refractivity contribution is -0.180. The Morgan fingerprint density at radius 1 is 1.20 bits per heavy atom. The average molecular weight is 568 g/mol. The van der Waals surface area contributed by atoms with Gasteiger partial charge in [0.2, 0.25) is 11.8 Å². The van der Waals surface area contributed by atoms with Gasteiger partial charge in [0, 0.05) is 25.3 Å². The van der Waals surface area contributed by atoms with Crippen LogP contribution in [0.3, 0.4) is 0 Å². The van der Waals surface area contributed by atoms with E-state index in [0.717, 1.165) is 12.8 Å². The fourth-order valence-corrected chi connectivity index (χ4v) is 5.71. The van der Waals surface area contributed by atoms with Crippen LogP contribution in [0.5, 0.6) is 0 Å². The first-order valence-electron chi connectivity index (χ1n) is 13.2. The van der Waals surface area contributed by atoms with Gasteiger partial charge in [0.05, 0.1) is 36.0 Å². The van der Waals surface area contributed by atoms with Crippen LogP contribution in [0.1, 0.15) is 77.9 Å². The number of carbonyl (C=O) groups is 2. The largest absolute Gasteiger partial charge is 0.394 e. The van der Waals surface area contributed by atoms with Gasteiger partial charge in [-0.1, -0.05) is 5.16 Å². The zero-order valence-electron chi connectivity index (χ0n) is 21.1. The van der Waals surface area contributed by atoms with E-state index < -0.39 is 48.3 Å². The Hall–Kier alpha value is -3.65. The third kappa shape index (κ3) is 5.24. The molecule has 214 valence electrons. The molecule has 1 aliphatic heterocycles. The number of imidazole rings is 1. The lowest BCUT2D eigenvalue weighted by atomic mass is 9.81. The van der Waals surface area contributed by atoms with Crippen LogP contribution in [-0.2, 0) is 11.2 Å². The summed E-state index contributed by atoms with van der Waals surface area (Å²) in [6, 6.07) is 0.781. The summed E-state index contributed by atoms with van der Waals surface area (Å²) in [5, 5.41) is 17.0. The molecule has 4 heterocycles. The van der Waals surface area contributed by atoms with Gasteiger partial charge in [-0.05, 0) is 54.8 Å². The zero-order valence-corrected chi connectivity index (χ0v) is 21.1. The summed E-state index contributed by atoms with van der Waals surface area (Å²) in [5.41, 5.74) is 1.55. The Morgan fingerprint density at radius 2 is 1.95 bits per heavy atom. The molecular formula is C25H26F5N7O3. The number of nitrogens with one attached hydrogen (secondary N) is 2. The Kier molecular flexibility index (Phi) is 6.49. The second kappa shape index (κ2) is 9.77. The van der Waals surface area contributed by atoms with Crippen molar-refractivity contribution < 1.29 is 36.2 Å². The van der Waals surface area contributed by atoms with Gasteiger partial charge in [-0.15, -0.1) is 0 Å². The van der Waals surface area contributed by atoms with E-state index in [1.165, 1.54) is 16.8 Å². The van der Waals surface area contributed by atoms with Gasteiger partial charge in [0.1, 0.15) is 5.69 Å². The van der Waals surface area contributed by atoms with E-state index in [1.54, 1.807) is 6.20 Å². The summed E-state index contributed by atoms with van der Waals surface area (Å²) < 4.78 is 74.3. The molecule has 3 aromatic rings. The summed E-state index contributed by atoms with van der Waals surface area (Å²) >= 11 is 0. The van der Waals surface area contributed by atoms with Crippen LogP contribution in [0.4, 0.5) is 22.0 Å². The first kappa shape index (κ1) is 26.6. The third-order valence-corrected chi connectivity index (χ3v) is 8.12. The molecule has 2 aliphatic carbocycles. The minimum atomic E-state index is -4.53. The normalized spacial score (nSPS) is 24.3. The maximum absolute atomic E-state index is 13.9. The summed E-state index contributed by atoms with van der Waals surface area (Å²) in [6.45, 7) is -0.471. The minimum absolute atomic E-state index is 0.0480. The molecule has 15 heteroatoms. The van der Waals surface area contributed by atoms with Gasteiger partial charge >= 0.3 is 6.18 Å². The Balaban J connectivity index is 1.27. The predicted octanol–water partition coefficient (Wildman–Crippen LogP) is 3.75. The van der Waals surface area contributed by atoms with Crippen molar-refractivity contribution in [3.8, 4) is 0 Å². The maximum Gasteiger partial charge on any atom is 0.394 e. The van der Waals surface area contributed by atoms with Crippen LogP contribution < -0.4 is 10.6 Å². The van der Waals surface area contributed by atoms with Crippen molar-refractivity contribution in [1.82, 2.24) is 35.5 Å². The molecule has 6 rings (SSSR count). The van der Waals surface area contributed by atoms with Crippen molar-refractivity contribution in [2.75, 3.05) is 6.54 Å². The van der Waals surface area contributed by atoms with Gasteiger partial charge in [-0.3, -0.25) is 9.59 Å². The fraction of sp³-hybridized carbons (Fsp3) is 0.600. The van der Waals surface area contributed by atoms with Gasteiger partial charge in [-0.25, -0.2) is 22.9 Å². The van der Waals surface area contributed by atoms with Crippen LogP contribution in [0.25, 0.3) is 5.65 Å². The average Bonchev–Trinajstić information content (AvgIpc) is 3.29. The standard InChI is InChI=1S/C25H26F5N7O3/c26-24(27)5-3-14(4-6-24)19(34-23(39)21-20(13-1-2-13)35-40-36-21)17-11-37-18(33-17)8-12(9-32-37)7-15-16(25(28,29)30)10-31-22(15)38/h8-9,11,13-16,19H,1-7,10H2,(H,31,38)(H,34,39)/t15-,16-,19-/m0/s1. The molecule has 40 heavy (non-hydrogen) atoms. The molecule has 0 unspecified atom stereocenters. The summed E-state index contributed by atoms with van der Waals surface area (Å²) in [6.07, 6.45) is -0.421. The zero-order chi connectivity index (χ0) is 28.2. The second-order valence-electron chi connectivity index (χ2n) is 11.0. The highest BCUT2D eigenvalue weighted by Crippen LogP contribution is 2.43. The van der Waals surface area contributed by atoms with Crippen LogP contribution in [0.15, 0.2) is 23.1 Å². The number of rotatable bonds is 7. The number of halogens is 5. The molecule has 0 bridgehead atoms. The van der Waals surface area contributed by atoms with E-state index in [1.807, 2.05) is 0 Å². The molecule has 0 spiro atoms. The topological polar surface area (TPSA) is 127 Å². The van der Waals surface area contributed by atoms with Crippen LogP contribution in [0, 0.1) is 17.8 Å². The van der Waals surface area contributed by atoms with Crippen molar-refractivity contribution in [2.45, 2.75) is 69.0 Å². The molecule has 3 aromatic heterocycles. The summed E-state index contributed by atoms with van der Waals surface area (Å²) in [5.74, 6) is -7.36. The molecule has 1 saturated heterocycles. The fourth-order valence-electron chi connectivity index (χ4n) is 5.71.